The molecule has 3 N–H and O–H groups in total. The molecule has 0 bridgehead atoms. The normalized spacial score (nSPS) is 15.3. The van der Waals surface area contributed by atoms with E-state index in [-0.39, 0.29) is 11.3 Å². The van der Waals surface area contributed by atoms with Gasteiger partial charge in [-0.05, 0) is 30.9 Å². The Balaban J connectivity index is 2.25. The van der Waals surface area contributed by atoms with Crippen molar-refractivity contribution < 1.29 is 24.0 Å². The molecular weight excluding hydrogens is 380 g/mol. The second kappa shape index (κ2) is 9.85. The highest BCUT2D eigenvalue weighted by molar-refractivity contribution is 5.98. The molecule has 1 heterocycles. The number of imide groups is 1. The molecule has 0 spiro atoms. The fourth-order valence-corrected chi connectivity index (χ4v) is 3.24. The van der Waals surface area contributed by atoms with Gasteiger partial charge in [0.15, 0.2) is 6.10 Å². The molecule has 1 aliphatic heterocycles. The Labute approximate surface area is 168 Å². The Morgan fingerprint density at radius 3 is 2.31 bits per heavy atom. The van der Waals surface area contributed by atoms with Crippen LogP contribution in [0.15, 0.2) is 18.2 Å². The molecule has 10 heteroatoms. The molecule has 1 aromatic rings. The van der Waals surface area contributed by atoms with Gasteiger partial charge in [-0.1, -0.05) is 26.7 Å². The van der Waals surface area contributed by atoms with Crippen molar-refractivity contribution in [1.82, 2.24) is 5.32 Å². The largest absolute Gasteiger partial charge is 0.448 e. The van der Waals surface area contributed by atoms with E-state index >= 15 is 0 Å². The number of rotatable bonds is 6. The maximum absolute atomic E-state index is 12.5. The van der Waals surface area contributed by atoms with Crippen LogP contribution >= 0.6 is 0 Å². The average molecular weight is 406 g/mol. The van der Waals surface area contributed by atoms with Gasteiger partial charge in [-0.25, -0.2) is 9.59 Å². The predicted octanol–water partition coefficient (Wildman–Crippen LogP) is 2.35. The monoisotopic (exact) mass is 406 g/mol. The van der Waals surface area contributed by atoms with Crippen LogP contribution in [0.3, 0.4) is 0 Å². The number of esters is 1. The molecule has 1 atom stereocenters. The summed E-state index contributed by atoms with van der Waals surface area (Å²) in [6.07, 6.45) is 2.80. The van der Waals surface area contributed by atoms with E-state index in [1.54, 1.807) is 13.8 Å². The zero-order valence-electron chi connectivity index (χ0n) is 16.6. The first-order valence-electron chi connectivity index (χ1n) is 9.55. The molecule has 3 amide bonds. The Kier molecular flexibility index (Phi) is 7.52. The molecule has 1 aliphatic rings. The number of hydrogen-bond donors (Lipinski definition) is 2. The predicted molar refractivity (Wildman–Crippen MR) is 106 cm³/mol. The van der Waals surface area contributed by atoms with Crippen LogP contribution in [0.1, 0.15) is 49.9 Å². The number of urea groups is 1. The lowest BCUT2D eigenvalue weighted by Gasteiger charge is -2.23. The Bertz CT molecular complexity index is 787. The van der Waals surface area contributed by atoms with Crippen LogP contribution in [0.4, 0.5) is 16.2 Å². The topological polar surface area (TPSA) is 145 Å². The summed E-state index contributed by atoms with van der Waals surface area (Å²) in [7, 11) is 0. The Morgan fingerprint density at radius 1 is 1.17 bits per heavy atom. The highest BCUT2D eigenvalue weighted by atomic mass is 16.6. The molecule has 1 aromatic carbocycles. The summed E-state index contributed by atoms with van der Waals surface area (Å²) in [4.78, 5) is 48.5. The van der Waals surface area contributed by atoms with Crippen molar-refractivity contribution in [3.63, 3.8) is 0 Å². The van der Waals surface area contributed by atoms with Gasteiger partial charge < -0.3 is 15.4 Å². The first-order valence-corrected chi connectivity index (χ1v) is 9.55. The van der Waals surface area contributed by atoms with Crippen LogP contribution in [0.2, 0.25) is 0 Å². The minimum atomic E-state index is -1.26. The van der Waals surface area contributed by atoms with E-state index in [0.717, 1.165) is 31.7 Å². The summed E-state index contributed by atoms with van der Waals surface area (Å²) in [6, 6.07) is 3.08. The van der Waals surface area contributed by atoms with Gasteiger partial charge in [0.25, 0.3) is 11.6 Å². The third kappa shape index (κ3) is 5.90. The van der Waals surface area contributed by atoms with Crippen molar-refractivity contribution in [2.45, 2.75) is 45.6 Å². The summed E-state index contributed by atoms with van der Waals surface area (Å²) in [6.45, 7) is 4.69. The number of hydrogen-bond acceptors (Lipinski definition) is 7. The molecule has 0 unspecified atom stereocenters. The third-order valence-electron chi connectivity index (χ3n) is 4.70. The highest BCUT2D eigenvalue weighted by Gasteiger charge is 2.29. The van der Waals surface area contributed by atoms with Crippen molar-refractivity contribution in [2.75, 3.05) is 18.0 Å². The first-order chi connectivity index (χ1) is 13.7. The number of nitrogens with zero attached hydrogens (tertiary/aromatic N) is 2. The number of benzene rings is 1. The van der Waals surface area contributed by atoms with E-state index in [1.165, 1.54) is 12.1 Å². The van der Waals surface area contributed by atoms with Gasteiger partial charge in [-0.3, -0.25) is 20.2 Å². The van der Waals surface area contributed by atoms with E-state index in [0.29, 0.717) is 18.8 Å². The number of carbonyl (C=O) groups is 3. The molecule has 0 aliphatic carbocycles. The van der Waals surface area contributed by atoms with Gasteiger partial charge in [-0.2, -0.15) is 0 Å². The fourth-order valence-electron chi connectivity index (χ4n) is 3.24. The van der Waals surface area contributed by atoms with E-state index in [9.17, 15) is 24.5 Å². The third-order valence-corrected chi connectivity index (χ3v) is 4.70. The Morgan fingerprint density at radius 2 is 1.79 bits per heavy atom. The van der Waals surface area contributed by atoms with Crippen molar-refractivity contribution in [1.29, 1.82) is 0 Å². The minimum absolute atomic E-state index is 0.0483. The number of anilines is 1. The quantitative estimate of drug-likeness (QED) is 0.419. The molecule has 10 nitrogen and oxygen atoms in total. The molecular formula is C19H26N4O6. The molecule has 0 aromatic heterocycles. The Hall–Kier alpha value is -3.17. The molecule has 158 valence electrons. The summed E-state index contributed by atoms with van der Waals surface area (Å²) >= 11 is 0. The zero-order valence-corrected chi connectivity index (χ0v) is 16.6. The van der Waals surface area contributed by atoms with Crippen molar-refractivity contribution in [3.05, 3.63) is 33.9 Å². The lowest BCUT2D eigenvalue weighted by atomic mass is 10.1. The van der Waals surface area contributed by atoms with Crippen LogP contribution in [-0.4, -0.2) is 42.0 Å². The molecule has 0 radical (unpaired) electrons. The van der Waals surface area contributed by atoms with Gasteiger partial charge in [0, 0.05) is 19.2 Å². The van der Waals surface area contributed by atoms with Gasteiger partial charge >= 0.3 is 12.0 Å². The van der Waals surface area contributed by atoms with E-state index < -0.39 is 34.9 Å². The van der Waals surface area contributed by atoms with Crippen molar-refractivity contribution >= 4 is 29.3 Å². The lowest BCUT2D eigenvalue weighted by molar-refractivity contribution is -0.384. The maximum atomic E-state index is 12.5. The number of nitrogens with two attached hydrogens (primary N) is 1. The molecule has 1 saturated heterocycles. The number of primary amides is 1. The van der Waals surface area contributed by atoms with Gasteiger partial charge in [0.1, 0.15) is 5.69 Å². The highest BCUT2D eigenvalue weighted by Crippen LogP contribution is 2.31. The number of nitrogens with one attached hydrogen (secondary N) is 1. The SMILES string of the molecule is CC(C)[C@@H](OC(=O)c1ccc(N2CCCCCC2)c([N+](=O)[O-])c1)C(=O)NC(N)=O. The van der Waals surface area contributed by atoms with Crippen LogP contribution in [0.5, 0.6) is 0 Å². The zero-order chi connectivity index (χ0) is 21.6. The smallest absolute Gasteiger partial charge is 0.339 e. The molecule has 0 saturated carbocycles. The second-order valence-electron chi connectivity index (χ2n) is 7.29. The maximum Gasteiger partial charge on any atom is 0.339 e. The van der Waals surface area contributed by atoms with Crippen molar-refractivity contribution in [2.24, 2.45) is 11.7 Å². The standard InChI is InChI=1S/C19H26N4O6/c1-12(2)16(17(24)21-19(20)26)29-18(25)13-7-8-14(15(11-13)23(27)28)22-9-5-3-4-6-10-22/h7-8,11-12,16H,3-6,9-10H2,1-2H3,(H3,20,21,24,26)/t16-/m1/s1. The van der Waals surface area contributed by atoms with Gasteiger partial charge in [-0.15, -0.1) is 0 Å². The molecule has 2 rings (SSSR count). The van der Waals surface area contributed by atoms with Crippen LogP contribution in [0, 0.1) is 16.0 Å². The summed E-state index contributed by atoms with van der Waals surface area (Å²) in [5.41, 5.74) is 5.15. The van der Waals surface area contributed by atoms with Crippen LogP contribution in [0.25, 0.3) is 0 Å². The van der Waals surface area contributed by atoms with Gasteiger partial charge in [0.05, 0.1) is 10.5 Å². The van der Waals surface area contributed by atoms with Crippen LogP contribution in [-0.2, 0) is 9.53 Å². The lowest BCUT2D eigenvalue weighted by Crippen LogP contribution is -2.45. The number of carbonyl (C=O) groups excluding carboxylic acids is 3. The van der Waals surface area contributed by atoms with E-state index in [2.05, 4.69) is 0 Å². The molecule has 29 heavy (non-hydrogen) atoms. The van der Waals surface area contributed by atoms with Gasteiger partial charge in [0.2, 0.25) is 0 Å². The number of amides is 3. The number of nitro benzene ring substituents is 1. The van der Waals surface area contributed by atoms with E-state index in [1.807, 2.05) is 10.2 Å². The van der Waals surface area contributed by atoms with E-state index in [4.69, 9.17) is 10.5 Å². The minimum Gasteiger partial charge on any atom is -0.448 e. The first kappa shape index (κ1) is 22.1. The van der Waals surface area contributed by atoms with Crippen LogP contribution < -0.4 is 16.0 Å². The average Bonchev–Trinajstić information content (AvgIpc) is 2.93. The van der Waals surface area contributed by atoms with Crippen molar-refractivity contribution in [3.8, 4) is 0 Å². The number of nitro groups is 1. The summed E-state index contributed by atoms with van der Waals surface area (Å²) in [5.74, 6) is -2.19. The number of ether oxygens (including phenoxy) is 1. The summed E-state index contributed by atoms with van der Waals surface area (Å²) in [5, 5.41) is 13.5. The summed E-state index contributed by atoms with van der Waals surface area (Å²) < 4.78 is 5.21. The molecule has 1 fully saturated rings. The fraction of sp³-hybridized carbons (Fsp3) is 0.526. The second-order valence-corrected chi connectivity index (χ2v) is 7.29.